The van der Waals surface area contributed by atoms with E-state index >= 15 is 0 Å². The number of benzene rings is 1. The van der Waals surface area contributed by atoms with Crippen LogP contribution in [0, 0.1) is 6.92 Å². The summed E-state index contributed by atoms with van der Waals surface area (Å²) >= 11 is 1.01. The van der Waals surface area contributed by atoms with Crippen LogP contribution in [0.4, 0.5) is 0 Å². The quantitative estimate of drug-likeness (QED) is 0.669. The van der Waals surface area contributed by atoms with Crippen LogP contribution in [-0.2, 0) is 20.9 Å². The number of carbonyl (C=O) groups excluding carboxylic acids is 2. The second-order valence-corrected chi connectivity index (χ2v) is 6.69. The van der Waals surface area contributed by atoms with Crippen LogP contribution in [0.25, 0.3) is 11.0 Å². The molecule has 1 aromatic carbocycles. The molecule has 3 aromatic rings. The highest BCUT2D eigenvalue weighted by Crippen LogP contribution is 2.23. The minimum absolute atomic E-state index is 0.208. The smallest absolute Gasteiger partial charge is 0.326 e. The van der Waals surface area contributed by atoms with Crippen LogP contribution in [0.15, 0.2) is 44.9 Å². The van der Waals surface area contributed by atoms with E-state index in [0.29, 0.717) is 11.5 Å². The lowest BCUT2D eigenvalue weighted by molar-refractivity contribution is -0.149. The van der Waals surface area contributed by atoms with E-state index in [2.05, 4.69) is 5.32 Å². The topological polar surface area (TPSA) is 90.5 Å². The maximum atomic E-state index is 12.0. The number of aromatic nitrogens is 1. The number of nitrogens with zero attached hydrogens (tertiary/aromatic N) is 1. The predicted molar refractivity (Wildman–Crippen MR) is 97.0 cm³/mol. The number of esters is 1. The zero-order valence-corrected chi connectivity index (χ0v) is 15.2. The molecule has 0 radical (unpaired) electrons. The van der Waals surface area contributed by atoms with Crippen molar-refractivity contribution in [1.29, 1.82) is 0 Å². The summed E-state index contributed by atoms with van der Waals surface area (Å²) in [6, 6.07) is 9.05. The summed E-state index contributed by atoms with van der Waals surface area (Å²) in [5.41, 5.74) is 1.42. The molecule has 0 saturated heterocycles. The molecule has 0 aliphatic carbocycles. The Morgan fingerprint density at radius 3 is 2.81 bits per heavy atom. The summed E-state index contributed by atoms with van der Waals surface area (Å²) in [5.74, 6) is -0.466. The van der Waals surface area contributed by atoms with Crippen LogP contribution >= 0.6 is 11.3 Å². The number of nitrogens with one attached hydrogen (secondary N) is 1. The minimum Gasteiger partial charge on any atom is -0.459 e. The molecule has 136 valence electrons. The maximum Gasteiger partial charge on any atom is 0.326 e. The second-order valence-electron chi connectivity index (χ2n) is 5.87. The Balaban J connectivity index is 1.52. The fourth-order valence-corrected chi connectivity index (χ4v) is 3.22. The van der Waals surface area contributed by atoms with Gasteiger partial charge in [0.2, 0.25) is 0 Å². The van der Waals surface area contributed by atoms with Crippen LogP contribution in [0.1, 0.15) is 24.4 Å². The van der Waals surface area contributed by atoms with Gasteiger partial charge in [-0.25, -0.2) is 0 Å². The van der Waals surface area contributed by atoms with E-state index in [1.807, 2.05) is 30.3 Å². The van der Waals surface area contributed by atoms with Crippen LogP contribution in [-0.4, -0.2) is 23.1 Å². The van der Waals surface area contributed by atoms with Crippen molar-refractivity contribution in [2.75, 3.05) is 6.61 Å². The summed E-state index contributed by atoms with van der Waals surface area (Å²) in [6.07, 6.45) is 0. The number of para-hydroxylation sites is 1. The highest BCUT2D eigenvalue weighted by molar-refractivity contribution is 7.07. The second kappa shape index (κ2) is 7.57. The van der Waals surface area contributed by atoms with E-state index in [0.717, 1.165) is 22.3 Å². The molecule has 3 rings (SSSR count). The molecular weight excluding hydrogens is 356 g/mol. The SMILES string of the molecule is Cc1csc(=O)n1CC(=O)OCC(=O)N[C@@H](C)c1cc2ccccc2o1. The number of amides is 1. The van der Waals surface area contributed by atoms with Gasteiger partial charge >= 0.3 is 10.8 Å². The molecule has 0 aliphatic heterocycles. The van der Waals surface area contributed by atoms with E-state index in [1.165, 1.54) is 4.57 Å². The molecule has 0 fully saturated rings. The summed E-state index contributed by atoms with van der Waals surface area (Å²) < 4.78 is 11.9. The van der Waals surface area contributed by atoms with E-state index in [1.54, 1.807) is 19.2 Å². The normalized spacial score (nSPS) is 12.1. The molecular formula is C18H18N2O5S. The van der Waals surface area contributed by atoms with Gasteiger partial charge in [0.15, 0.2) is 6.61 Å². The van der Waals surface area contributed by atoms with Crippen LogP contribution in [0.5, 0.6) is 0 Å². The van der Waals surface area contributed by atoms with Crippen LogP contribution in [0.2, 0.25) is 0 Å². The Bertz CT molecular complexity index is 967. The van der Waals surface area contributed by atoms with Crippen molar-refractivity contribution in [2.45, 2.75) is 26.4 Å². The maximum absolute atomic E-state index is 12.0. The first-order valence-corrected chi connectivity index (χ1v) is 8.90. The third-order valence-corrected chi connectivity index (χ3v) is 4.76. The number of hydrogen-bond donors (Lipinski definition) is 1. The van der Waals surface area contributed by atoms with Crippen molar-refractivity contribution in [3.05, 3.63) is 56.8 Å². The molecule has 0 bridgehead atoms. The number of hydrogen-bond acceptors (Lipinski definition) is 6. The Hall–Kier alpha value is -2.87. The van der Waals surface area contributed by atoms with Gasteiger partial charge in [0.1, 0.15) is 17.9 Å². The lowest BCUT2D eigenvalue weighted by Crippen LogP contribution is -2.32. The van der Waals surface area contributed by atoms with Gasteiger partial charge < -0.3 is 14.5 Å². The third kappa shape index (κ3) is 4.02. The number of aryl methyl sites for hydroxylation is 1. The Labute approximate surface area is 153 Å². The number of thiazole rings is 1. The van der Waals surface area contributed by atoms with Crippen molar-refractivity contribution in [3.8, 4) is 0 Å². The lowest BCUT2D eigenvalue weighted by atomic mass is 10.2. The fourth-order valence-electron chi connectivity index (χ4n) is 2.49. The number of carbonyl (C=O) groups is 2. The van der Waals surface area contributed by atoms with Gasteiger partial charge in [-0.3, -0.25) is 19.0 Å². The summed E-state index contributed by atoms with van der Waals surface area (Å²) in [7, 11) is 0. The average Bonchev–Trinajstić information content (AvgIpc) is 3.18. The monoisotopic (exact) mass is 374 g/mol. The van der Waals surface area contributed by atoms with E-state index in [9.17, 15) is 14.4 Å². The molecule has 0 spiro atoms. The number of furan rings is 1. The van der Waals surface area contributed by atoms with Gasteiger partial charge in [0.25, 0.3) is 5.91 Å². The van der Waals surface area contributed by atoms with E-state index in [-0.39, 0.29) is 17.5 Å². The zero-order valence-electron chi connectivity index (χ0n) is 14.4. The minimum atomic E-state index is -0.639. The van der Waals surface area contributed by atoms with Crippen molar-refractivity contribution >= 4 is 34.2 Å². The highest BCUT2D eigenvalue weighted by atomic mass is 32.1. The van der Waals surface area contributed by atoms with Crippen molar-refractivity contribution in [1.82, 2.24) is 9.88 Å². The van der Waals surface area contributed by atoms with Gasteiger partial charge in [0.05, 0.1) is 6.04 Å². The molecule has 7 nitrogen and oxygen atoms in total. The first-order chi connectivity index (χ1) is 12.4. The molecule has 0 saturated carbocycles. The van der Waals surface area contributed by atoms with Gasteiger partial charge in [-0.15, -0.1) is 0 Å². The molecule has 0 unspecified atom stereocenters. The standard InChI is InChI=1S/C18H18N2O5S/c1-11-10-26-18(23)20(11)8-17(22)24-9-16(21)19-12(2)15-7-13-5-3-4-6-14(13)25-15/h3-7,10,12H,8-9H2,1-2H3,(H,19,21)/t12-/m0/s1. The average molecular weight is 374 g/mol. The van der Waals surface area contributed by atoms with E-state index < -0.39 is 18.5 Å². The Morgan fingerprint density at radius 2 is 2.12 bits per heavy atom. The van der Waals surface area contributed by atoms with Gasteiger partial charge in [-0.05, 0) is 26.0 Å². The largest absolute Gasteiger partial charge is 0.459 e. The first-order valence-electron chi connectivity index (χ1n) is 8.02. The fraction of sp³-hybridized carbons (Fsp3) is 0.278. The molecule has 2 aromatic heterocycles. The molecule has 1 N–H and O–H groups in total. The lowest BCUT2D eigenvalue weighted by Gasteiger charge is -2.11. The molecule has 26 heavy (non-hydrogen) atoms. The van der Waals surface area contributed by atoms with Gasteiger partial charge in [-0.2, -0.15) is 0 Å². The van der Waals surface area contributed by atoms with E-state index in [4.69, 9.17) is 9.15 Å². The molecule has 0 aliphatic rings. The predicted octanol–water partition coefficient (Wildman–Crippen LogP) is 2.39. The van der Waals surface area contributed by atoms with Crippen LogP contribution in [0.3, 0.4) is 0 Å². The van der Waals surface area contributed by atoms with Gasteiger partial charge in [-0.1, -0.05) is 29.5 Å². The summed E-state index contributed by atoms with van der Waals surface area (Å²) in [5, 5.41) is 5.33. The van der Waals surface area contributed by atoms with Gasteiger partial charge in [0, 0.05) is 16.5 Å². The third-order valence-electron chi connectivity index (χ3n) is 3.88. The number of fused-ring (bicyclic) bond motifs is 1. The molecule has 8 heteroatoms. The summed E-state index contributed by atoms with van der Waals surface area (Å²) in [6.45, 7) is 2.89. The van der Waals surface area contributed by atoms with Crippen molar-refractivity contribution in [3.63, 3.8) is 0 Å². The molecule has 1 amide bonds. The Morgan fingerprint density at radius 1 is 1.35 bits per heavy atom. The highest BCUT2D eigenvalue weighted by Gasteiger charge is 2.16. The number of ether oxygens (including phenoxy) is 1. The molecule has 2 heterocycles. The Kier molecular flexibility index (Phi) is 5.22. The number of rotatable bonds is 6. The molecule has 1 atom stereocenters. The zero-order chi connectivity index (χ0) is 18.7. The van der Waals surface area contributed by atoms with Crippen molar-refractivity contribution in [2.24, 2.45) is 0 Å². The van der Waals surface area contributed by atoms with Crippen molar-refractivity contribution < 1.29 is 18.7 Å². The van der Waals surface area contributed by atoms with Crippen LogP contribution < -0.4 is 10.2 Å². The first kappa shape index (κ1) is 17.9. The summed E-state index contributed by atoms with van der Waals surface area (Å²) in [4.78, 5) is 35.1.